The second-order valence-corrected chi connectivity index (χ2v) is 0. The van der Waals surface area contributed by atoms with Gasteiger partial charge in [0.2, 0.25) is 0 Å². The molecule has 0 atom stereocenters. The van der Waals surface area contributed by atoms with Crippen LogP contribution in [0.2, 0.25) is 0 Å². The van der Waals surface area contributed by atoms with Crippen LogP contribution in [0.3, 0.4) is 0 Å². The van der Waals surface area contributed by atoms with E-state index in [0.717, 1.165) is 0 Å². The molecule has 0 aromatic heterocycles. The Balaban J connectivity index is 0. The topological polar surface area (TPSA) is 85.5 Å². The third-order valence-electron chi connectivity index (χ3n) is 0. The van der Waals surface area contributed by atoms with Gasteiger partial charge in [-0.25, -0.2) is 0 Å². The van der Waals surface area contributed by atoms with Crippen LogP contribution in [0.4, 0.5) is 0 Å². The summed E-state index contributed by atoms with van der Waals surface area (Å²) in [6.07, 6.45) is 0. The van der Waals surface area contributed by atoms with Crippen LogP contribution in [0.1, 0.15) is 0 Å². The smallest absolute Gasteiger partial charge is 2.00 e. The average Bonchev–Trinajstić information content (AvgIpc) is 0. The van der Waals surface area contributed by atoms with Crippen LogP contribution in [-0.4, -0.2) is 0 Å². The van der Waals surface area contributed by atoms with E-state index in [9.17, 15) is 0 Å². The summed E-state index contributed by atoms with van der Waals surface area (Å²) in [6, 6.07) is 0. The Labute approximate surface area is 216 Å². The second-order valence-electron chi connectivity index (χ2n) is 0. The molecule has 0 bridgehead atoms. The molecule has 0 N–H and O–H groups in total. The molecule has 0 aliphatic carbocycles. The van der Waals surface area contributed by atoms with Crippen molar-refractivity contribution in [2.45, 2.75) is 0 Å². The average molecular weight is 788 g/mol. The summed E-state index contributed by atoms with van der Waals surface area (Å²) in [7, 11) is 0. The summed E-state index contributed by atoms with van der Waals surface area (Å²) in [4.78, 5) is 0. The molecule has 0 rings (SSSR count). The zero-order valence-corrected chi connectivity index (χ0v) is 22.8. The Kier molecular flexibility index (Phi) is 508. The van der Waals surface area contributed by atoms with Crippen molar-refractivity contribution in [1.82, 2.24) is 0 Å². The summed E-state index contributed by atoms with van der Waals surface area (Å²) in [6.45, 7) is 0. The first-order valence-corrected chi connectivity index (χ1v) is 0. The molecule has 0 spiro atoms. The maximum absolute atomic E-state index is 0. The van der Waals surface area contributed by atoms with Gasteiger partial charge in [0.1, 0.15) is 0 Å². The van der Waals surface area contributed by atoms with Gasteiger partial charge in [0.05, 0.1) is 0 Å². The van der Waals surface area contributed by atoms with Gasteiger partial charge in [-0.15, -0.1) is 0 Å². The van der Waals surface area contributed by atoms with E-state index in [0.29, 0.717) is 0 Å². The molecule has 0 fully saturated rings. The van der Waals surface area contributed by atoms with Crippen molar-refractivity contribution in [3.8, 4) is 0 Å². The summed E-state index contributed by atoms with van der Waals surface area (Å²) in [5.41, 5.74) is 0. The van der Waals surface area contributed by atoms with Crippen molar-refractivity contribution in [3.63, 3.8) is 0 Å². The van der Waals surface area contributed by atoms with Crippen molar-refractivity contribution >= 4 is 0 Å². The van der Waals surface area contributed by atoms with Crippen LogP contribution in [0.15, 0.2) is 0 Å². The van der Waals surface area contributed by atoms with E-state index < -0.39 is 0 Å². The maximum atomic E-state index is 0. The minimum atomic E-state index is 0. The molecule has 0 aliphatic heterocycles. The molecule has 9 heteroatoms. The zero-order chi connectivity index (χ0) is 0. The molecule has 3 nitrogen and oxygen atoms in total. The normalized spacial score (nSPS) is 0. The molecular formula is Ce2La2O3Zr2. The van der Waals surface area contributed by atoms with E-state index in [4.69, 9.17) is 0 Å². The molecule has 0 aromatic carbocycles. The fourth-order valence-electron chi connectivity index (χ4n) is 0. The summed E-state index contributed by atoms with van der Waals surface area (Å²) >= 11 is 0. The van der Waals surface area contributed by atoms with Crippen LogP contribution in [0, 0.1) is 155 Å². The molecule has 9 heavy (non-hydrogen) atoms. The third-order valence-corrected chi connectivity index (χ3v) is 0. The Hall–Kier alpha value is 6.79. The van der Waals surface area contributed by atoms with Gasteiger partial charge in [-0.05, 0) is 0 Å². The Morgan fingerprint density at radius 1 is 0.444 bits per heavy atom. The van der Waals surface area contributed by atoms with Crippen molar-refractivity contribution in [1.29, 1.82) is 0 Å². The molecule has 0 aliphatic rings. The number of hydrogen-bond acceptors (Lipinski definition) is 0. The first-order valence-electron chi connectivity index (χ1n) is 0. The summed E-state index contributed by atoms with van der Waals surface area (Å²) < 4.78 is 0. The fraction of sp³-hybridized carbons (Fsp3) is 0. The Bertz CT molecular complexity index is 17.8. The van der Waals surface area contributed by atoms with E-state index in [2.05, 4.69) is 0 Å². The minimum Gasteiger partial charge on any atom is -2.00 e. The standard InChI is InChI=1S/2Ce.2La.3O.2Zr/q;;2*+3;3*-2;;. The molecule has 0 saturated heterocycles. The first-order chi connectivity index (χ1) is 0. The van der Waals surface area contributed by atoms with Gasteiger partial charge >= 0.3 is 71.2 Å². The molecule has 40 valence electrons. The van der Waals surface area contributed by atoms with Gasteiger partial charge in [-0.3, -0.25) is 0 Å². The van der Waals surface area contributed by atoms with Gasteiger partial charge in [0.15, 0.2) is 0 Å². The van der Waals surface area contributed by atoms with Crippen LogP contribution in [0.5, 0.6) is 0 Å². The number of rotatable bonds is 0. The van der Waals surface area contributed by atoms with Gasteiger partial charge in [0, 0.05) is 136 Å². The molecule has 0 unspecified atom stereocenters. The van der Waals surface area contributed by atoms with Crippen LogP contribution in [-0.2, 0) is 68.8 Å². The molecule has 0 amide bonds. The van der Waals surface area contributed by atoms with Gasteiger partial charge in [0.25, 0.3) is 0 Å². The quantitative estimate of drug-likeness (QED) is 0.322. The Morgan fingerprint density at radius 3 is 0.444 bits per heavy atom. The van der Waals surface area contributed by atoms with Gasteiger partial charge in [-0.1, -0.05) is 0 Å². The van der Waals surface area contributed by atoms with Crippen LogP contribution < -0.4 is 0 Å². The Morgan fingerprint density at radius 2 is 0.444 bits per heavy atom. The second kappa shape index (κ2) is 61.0. The monoisotopic (exact) mass is 785 g/mol. The van der Waals surface area contributed by atoms with E-state index in [1.807, 2.05) is 0 Å². The maximum Gasteiger partial charge on any atom is 3.00 e. The van der Waals surface area contributed by atoms with Crippen molar-refractivity contribution in [3.05, 3.63) is 0 Å². The largest absolute Gasteiger partial charge is 3.00 e. The molecule has 0 radical (unpaired) electrons. The van der Waals surface area contributed by atoms with Crippen molar-refractivity contribution < 1.29 is 224 Å². The van der Waals surface area contributed by atoms with Crippen molar-refractivity contribution in [2.75, 3.05) is 0 Å². The fourth-order valence-corrected chi connectivity index (χ4v) is 0. The SMILES string of the molecule is [Ce].[Ce].[La+3].[La+3].[O-2].[O-2].[O-2].[Zr].[Zr]. The van der Waals surface area contributed by atoms with E-state index >= 15 is 0 Å². The molecule has 0 aromatic rings. The first kappa shape index (κ1) is 74.9. The van der Waals surface area contributed by atoms with E-state index in [1.165, 1.54) is 0 Å². The van der Waals surface area contributed by atoms with E-state index in [-0.39, 0.29) is 224 Å². The van der Waals surface area contributed by atoms with Crippen molar-refractivity contribution in [2.24, 2.45) is 0 Å². The van der Waals surface area contributed by atoms with Gasteiger partial charge in [-0.2, -0.15) is 0 Å². The predicted octanol–water partition coefficient (Wildman–Crippen LogP) is -0.361. The third kappa shape index (κ3) is 52.5. The summed E-state index contributed by atoms with van der Waals surface area (Å²) in [5, 5.41) is 0. The molecular weight excluding hydrogens is 788 g/mol. The zero-order valence-electron chi connectivity index (χ0n) is 4.38. The molecule has 0 saturated carbocycles. The number of hydrogen-bond donors (Lipinski definition) is 0. The van der Waals surface area contributed by atoms with E-state index in [1.54, 1.807) is 0 Å². The van der Waals surface area contributed by atoms with Crippen LogP contribution >= 0.6 is 0 Å². The van der Waals surface area contributed by atoms with Gasteiger partial charge < -0.3 is 16.4 Å². The summed E-state index contributed by atoms with van der Waals surface area (Å²) in [5.74, 6) is 0. The minimum absolute atomic E-state index is 0. The molecule has 0 heterocycles. The van der Waals surface area contributed by atoms with Crippen LogP contribution in [0.25, 0.3) is 0 Å². The predicted molar refractivity (Wildman–Crippen MR) is 2.06 cm³/mol.